The van der Waals surface area contributed by atoms with Crippen molar-refractivity contribution in [3.63, 3.8) is 0 Å². The van der Waals surface area contributed by atoms with Crippen LogP contribution in [0.2, 0.25) is 0 Å². The molecular formula is C12H20N2O2. The summed E-state index contributed by atoms with van der Waals surface area (Å²) in [6, 6.07) is 0.308. The van der Waals surface area contributed by atoms with Gasteiger partial charge >= 0.3 is 0 Å². The largest absolute Gasteiger partial charge is 0.374 e. The SMILES string of the molecule is NC1(C(=O)N2CCOC3CCCC32)CCC1. The topological polar surface area (TPSA) is 55.6 Å². The van der Waals surface area contributed by atoms with Crippen LogP contribution in [-0.4, -0.2) is 41.6 Å². The summed E-state index contributed by atoms with van der Waals surface area (Å²) in [6.07, 6.45) is 6.47. The van der Waals surface area contributed by atoms with Crippen molar-refractivity contribution in [2.75, 3.05) is 13.2 Å². The van der Waals surface area contributed by atoms with Gasteiger partial charge < -0.3 is 15.4 Å². The summed E-state index contributed by atoms with van der Waals surface area (Å²) in [4.78, 5) is 14.4. The van der Waals surface area contributed by atoms with Crippen LogP contribution in [0.25, 0.3) is 0 Å². The second-order valence-electron chi connectivity index (χ2n) is 5.42. The first-order valence-corrected chi connectivity index (χ1v) is 6.42. The molecular weight excluding hydrogens is 204 g/mol. The van der Waals surface area contributed by atoms with Crippen LogP contribution in [0.1, 0.15) is 38.5 Å². The van der Waals surface area contributed by atoms with Gasteiger partial charge in [-0.1, -0.05) is 0 Å². The third-order valence-electron chi connectivity index (χ3n) is 4.41. The minimum atomic E-state index is -0.537. The van der Waals surface area contributed by atoms with E-state index in [1.54, 1.807) is 0 Å². The van der Waals surface area contributed by atoms with Crippen molar-refractivity contribution >= 4 is 5.91 Å². The quantitative estimate of drug-likeness (QED) is 0.711. The number of hydrogen-bond acceptors (Lipinski definition) is 3. The highest BCUT2D eigenvalue weighted by molar-refractivity contribution is 5.87. The van der Waals surface area contributed by atoms with E-state index in [0.29, 0.717) is 12.6 Å². The van der Waals surface area contributed by atoms with Crippen molar-refractivity contribution in [3.05, 3.63) is 0 Å². The van der Waals surface area contributed by atoms with E-state index in [2.05, 4.69) is 0 Å². The molecule has 1 aliphatic heterocycles. The fourth-order valence-electron chi connectivity index (χ4n) is 3.24. The molecule has 0 aromatic carbocycles. The van der Waals surface area contributed by atoms with Crippen LogP contribution in [-0.2, 0) is 9.53 Å². The molecule has 3 aliphatic rings. The first-order valence-electron chi connectivity index (χ1n) is 6.42. The molecule has 0 radical (unpaired) electrons. The van der Waals surface area contributed by atoms with Crippen LogP contribution < -0.4 is 5.73 Å². The Bertz CT molecular complexity index is 301. The summed E-state index contributed by atoms with van der Waals surface area (Å²) in [6.45, 7) is 1.42. The number of fused-ring (bicyclic) bond motifs is 1. The highest BCUT2D eigenvalue weighted by Crippen LogP contribution is 2.35. The Labute approximate surface area is 96.1 Å². The Kier molecular flexibility index (Phi) is 2.44. The lowest BCUT2D eigenvalue weighted by Gasteiger charge is -2.45. The highest BCUT2D eigenvalue weighted by atomic mass is 16.5. The van der Waals surface area contributed by atoms with E-state index in [1.807, 2.05) is 4.90 Å². The monoisotopic (exact) mass is 224 g/mol. The summed E-state index contributed by atoms with van der Waals surface area (Å²) in [5.41, 5.74) is 5.59. The number of amides is 1. The molecule has 1 heterocycles. The van der Waals surface area contributed by atoms with Gasteiger partial charge in [0.15, 0.2) is 0 Å². The predicted octanol–water partition coefficient (Wildman–Crippen LogP) is 0.648. The third kappa shape index (κ3) is 1.47. The van der Waals surface area contributed by atoms with Crippen molar-refractivity contribution in [1.82, 2.24) is 4.90 Å². The number of nitrogens with zero attached hydrogens (tertiary/aromatic N) is 1. The van der Waals surface area contributed by atoms with Gasteiger partial charge in [0.25, 0.3) is 0 Å². The zero-order valence-electron chi connectivity index (χ0n) is 9.65. The lowest BCUT2D eigenvalue weighted by molar-refractivity contribution is -0.152. The van der Waals surface area contributed by atoms with Crippen LogP contribution in [0.4, 0.5) is 0 Å². The molecule has 0 aromatic heterocycles. The summed E-state index contributed by atoms with van der Waals surface area (Å²) in [5.74, 6) is 0.180. The van der Waals surface area contributed by atoms with Crippen molar-refractivity contribution < 1.29 is 9.53 Å². The molecule has 1 amide bonds. The van der Waals surface area contributed by atoms with Gasteiger partial charge in [0, 0.05) is 6.54 Å². The van der Waals surface area contributed by atoms with Crippen molar-refractivity contribution in [2.45, 2.75) is 56.2 Å². The molecule has 0 spiro atoms. The molecule has 0 bridgehead atoms. The van der Waals surface area contributed by atoms with Crippen LogP contribution >= 0.6 is 0 Å². The van der Waals surface area contributed by atoms with E-state index in [4.69, 9.17) is 10.5 Å². The Morgan fingerprint density at radius 2 is 2.12 bits per heavy atom. The molecule has 2 aliphatic carbocycles. The van der Waals surface area contributed by atoms with Crippen LogP contribution in [0.3, 0.4) is 0 Å². The molecule has 2 unspecified atom stereocenters. The van der Waals surface area contributed by atoms with E-state index in [-0.39, 0.29) is 12.0 Å². The molecule has 4 heteroatoms. The van der Waals surface area contributed by atoms with Crippen molar-refractivity contribution in [1.29, 1.82) is 0 Å². The molecule has 16 heavy (non-hydrogen) atoms. The number of hydrogen-bond donors (Lipinski definition) is 1. The molecule has 90 valence electrons. The fraction of sp³-hybridized carbons (Fsp3) is 0.917. The van der Waals surface area contributed by atoms with E-state index in [1.165, 1.54) is 6.42 Å². The van der Waals surface area contributed by atoms with E-state index in [0.717, 1.165) is 38.6 Å². The molecule has 2 atom stereocenters. The Balaban J connectivity index is 1.75. The van der Waals surface area contributed by atoms with Crippen molar-refractivity contribution in [2.24, 2.45) is 5.73 Å². The normalized spacial score (nSPS) is 36.7. The van der Waals surface area contributed by atoms with E-state index < -0.39 is 5.54 Å². The Morgan fingerprint density at radius 3 is 2.81 bits per heavy atom. The predicted molar refractivity (Wildman–Crippen MR) is 59.9 cm³/mol. The molecule has 2 saturated carbocycles. The van der Waals surface area contributed by atoms with Gasteiger partial charge in [-0.2, -0.15) is 0 Å². The second-order valence-corrected chi connectivity index (χ2v) is 5.42. The average Bonchev–Trinajstić information content (AvgIpc) is 2.72. The molecule has 2 N–H and O–H groups in total. The number of rotatable bonds is 1. The second kappa shape index (κ2) is 3.70. The minimum absolute atomic E-state index is 0.180. The minimum Gasteiger partial charge on any atom is -0.374 e. The standard InChI is InChI=1S/C12H20N2O2/c13-12(5-2-6-12)11(15)14-7-8-16-10-4-1-3-9(10)14/h9-10H,1-8,13H2. The lowest BCUT2D eigenvalue weighted by Crippen LogP contribution is -2.64. The van der Waals surface area contributed by atoms with Gasteiger partial charge in [-0.15, -0.1) is 0 Å². The summed E-state index contributed by atoms with van der Waals surface area (Å²) in [5, 5.41) is 0. The van der Waals surface area contributed by atoms with Crippen LogP contribution in [0.5, 0.6) is 0 Å². The summed E-state index contributed by atoms with van der Waals surface area (Å²) < 4.78 is 5.71. The number of ether oxygens (including phenoxy) is 1. The Hall–Kier alpha value is -0.610. The zero-order valence-corrected chi connectivity index (χ0v) is 9.65. The Morgan fingerprint density at radius 1 is 1.31 bits per heavy atom. The average molecular weight is 224 g/mol. The molecule has 0 aromatic rings. The molecule has 1 saturated heterocycles. The highest BCUT2D eigenvalue weighted by Gasteiger charge is 2.47. The maximum absolute atomic E-state index is 12.4. The first kappa shape index (κ1) is 10.5. The third-order valence-corrected chi connectivity index (χ3v) is 4.41. The van der Waals surface area contributed by atoms with E-state index in [9.17, 15) is 4.79 Å². The molecule has 3 rings (SSSR count). The number of carbonyl (C=O) groups excluding carboxylic acids is 1. The van der Waals surface area contributed by atoms with Gasteiger partial charge in [-0.25, -0.2) is 0 Å². The van der Waals surface area contributed by atoms with Gasteiger partial charge in [-0.05, 0) is 38.5 Å². The van der Waals surface area contributed by atoms with Crippen LogP contribution in [0, 0.1) is 0 Å². The van der Waals surface area contributed by atoms with E-state index >= 15 is 0 Å². The lowest BCUT2D eigenvalue weighted by atomic mass is 9.76. The van der Waals surface area contributed by atoms with Gasteiger partial charge in [0.2, 0.25) is 5.91 Å². The van der Waals surface area contributed by atoms with Gasteiger partial charge in [-0.3, -0.25) is 4.79 Å². The van der Waals surface area contributed by atoms with Gasteiger partial charge in [0.1, 0.15) is 0 Å². The smallest absolute Gasteiger partial charge is 0.243 e. The first-order chi connectivity index (χ1) is 7.71. The van der Waals surface area contributed by atoms with Crippen LogP contribution in [0.15, 0.2) is 0 Å². The van der Waals surface area contributed by atoms with Crippen molar-refractivity contribution in [3.8, 4) is 0 Å². The number of carbonyl (C=O) groups is 1. The van der Waals surface area contributed by atoms with Gasteiger partial charge in [0.05, 0.1) is 24.3 Å². The maximum atomic E-state index is 12.4. The number of nitrogens with two attached hydrogens (primary N) is 1. The maximum Gasteiger partial charge on any atom is 0.243 e. The number of morpholine rings is 1. The molecule has 4 nitrogen and oxygen atoms in total. The fourth-order valence-corrected chi connectivity index (χ4v) is 3.24. The summed E-state index contributed by atoms with van der Waals surface area (Å²) >= 11 is 0. The zero-order chi connectivity index (χ0) is 11.2. The summed E-state index contributed by atoms with van der Waals surface area (Å²) in [7, 11) is 0. The molecule has 3 fully saturated rings.